The number of rotatable bonds is 8. The van der Waals surface area contributed by atoms with E-state index in [4.69, 9.17) is 19.1 Å². The summed E-state index contributed by atoms with van der Waals surface area (Å²) < 4.78 is 48.1. The maximum atomic E-state index is 11.2. The fraction of sp³-hybridized carbons (Fsp3) is 0.250. The number of aryl methyl sites for hydroxylation is 1. The van der Waals surface area contributed by atoms with Gasteiger partial charge >= 0.3 is 7.60 Å². The number of hydrogen-bond donors (Lipinski definition) is 3. The highest BCUT2D eigenvalue weighted by molar-refractivity contribution is 7.93. The van der Waals surface area contributed by atoms with Gasteiger partial charge in [-0.15, -0.1) is 0 Å². The maximum absolute atomic E-state index is 11.2. The fourth-order valence-corrected chi connectivity index (χ4v) is 4.73. The van der Waals surface area contributed by atoms with E-state index in [9.17, 15) is 13.0 Å². The molecule has 7 nitrogen and oxygen atoms in total. The first kappa shape index (κ1) is 19.6. The fourth-order valence-electron chi connectivity index (χ4n) is 2.36. The molecular weight excluding hydrogens is 367 g/mol. The van der Waals surface area contributed by atoms with Crippen LogP contribution in [0.25, 0.3) is 0 Å². The van der Waals surface area contributed by atoms with E-state index in [0.717, 1.165) is 5.56 Å². The van der Waals surface area contributed by atoms with Gasteiger partial charge in [0.05, 0.1) is 0 Å². The molecule has 0 bridgehead atoms. The van der Waals surface area contributed by atoms with Gasteiger partial charge in [0.2, 0.25) is 0 Å². The number of ether oxygens (including phenoxy) is 1. The van der Waals surface area contributed by atoms with Gasteiger partial charge in [-0.05, 0) is 49.1 Å². The molecule has 2 aromatic carbocycles. The Kier molecular flexibility index (Phi) is 6.37. The molecule has 3 N–H and O–H groups in total. The molecule has 1 atom stereocenters. The van der Waals surface area contributed by atoms with Crippen molar-refractivity contribution in [3.8, 4) is 11.5 Å². The molecule has 0 aromatic heterocycles. The molecule has 0 aliphatic carbocycles. The highest BCUT2D eigenvalue weighted by Crippen LogP contribution is 2.46. The minimum atomic E-state index is -4.94. The first-order chi connectivity index (χ1) is 11.7. The summed E-state index contributed by atoms with van der Waals surface area (Å²) in [5.41, 5.74) is 0.827. The average Bonchev–Trinajstić information content (AvgIpc) is 2.50. The van der Waals surface area contributed by atoms with E-state index in [1.165, 1.54) is 0 Å². The van der Waals surface area contributed by atoms with Crippen LogP contribution in [0.5, 0.6) is 11.5 Å². The number of para-hydroxylation sites is 1. The summed E-state index contributed by atoms with van der Waals surface area (Å²) in [6.45, 7) is 0. The zero-order valence-electron chi connectivity index (χ0n) is 13.2. The van der Waals surface area contributed by atoms with E-state index in [1.54, 1.807) is 24.3 Å². The number of benzene rings is 2. The van der Waals surface area contributed by atoms with Crippen molar-refractivity contribution >= 4 is 17.7 Å². The molecule has 0 amide bonds. The van der Waals surface area contributed by atoms with E-state index >= 15 is 0 Å². The van der Waals surface area contributed by atoms with Gasteiger partial charge in [-0.1, -0.05) is 30.3 Å². The molecule has 2 aromatic rings. The Hall–Kier alpha value is -1.70. The molecule has 0 saturated heterocycles. The molecule has 0 fully saturated rings. The smallest absolute Gasteiger partial charge is 0.346 e. The van der Waals surface area contributed by atoms with Gasteiger partial charge in [0.15, 0.2) is 4.99 Å². The van der Waals surface area contributed by atoms with Crippen LogP contribution in [0.1, 0.15) is 18.4 Å². The van der Waals surface area contributed by atoms with E-state index in [-0.39, 0.29) is 12.8 Å². The van der Waals surface area contributed by atoms with Gasteiger partial charge in [0.1, 0.15) is 11.5 Å². The summed E-state index contributed by atoms with van der Waals surface area (Å²) in [4.78, 5) is 16.0. The molecule has 9 heteroatoms. The van der Waals surface area contributed by atoms with Crippen LogP contribution in [0.3, 0.4) is 0 Å². The Balaban J connectivity index is 1.99. The van der Waals surface area contributed by atoms with Crippen molar-refractivity contribution in [2.45, 2.75) is 24.3 Å². The molecule has 0 heterocycles. The normalized spacial score (nSPS) is 13.4. The van der Waals surface area contributed by atoms with Gasteiger partial charge in [-0.25, -0.2) is 0 Å². The summed E-state index contributed by atoms with van der Waals surface area (Å²) in [6.07, 6.45) is 0.231. The predicted octanol–water partition coefficient (Wildman–Crippen LogP) is 3.19. The largest absolute Gasteiger partial charge is 0.457 e. The molecule has 0 saturated carbocycles. The Morgan fingerprint density at radius 1 is 1.00 bits per heavy atom. The SMILES string of the molecule is O=P(O)(O)C(CCCc1cccc(Oc2ccccc2)c1)S(=O)(=O)O. The van der Waals surface area contributed by atoms with Crippen molar-refractivity contribution in [1.29, 1.82) is 0 Å². The molecular formula is C16H19O7PS. The maximum Gasteiger partial charge on any atom is 0.346 e. The van der Waals surface area contributed by atoms with Crippen LogP contribution in [0, 0.1) is 0 Å². The van der Waals surface area contributed by atoms with Crippen molar-refractivity contribution in [3.63, 3.8) is 0 Å². The second-order valence-electron chi connectivity index (χ2n) is 5.51. The minimum absolute atomic E-state index is 0.185. The lowest BCUT2D eigenvalue weighted by atomic mass is 10.1. The third kappa shape index (κ3) is 6.26. The molecule has 0 aliphatic heterocycles. The Bertz CT molecular complexity index is 846. The Morgan fingerprint density at radius 3 is 2.24 bits per heavy atom. The summed E-state index contributed by atoms with van der Waals surface area (Å²) in [5.74, 6) is 1.28. The van der Waals surface area contributed by atoms with E-state index in [1.807, 2.05) is 30.3 Å². The standard InChI is InChI=1S/C16H19O7PS/c17-24(18,19)16(25(20,21)22)11-5-7-13-6-4-10-15(12-13)23-14-8-2-1-3-9-14/h1-4,6,8-10,12,16H,5,7,11H2,(H2,17,18,19)(H,20,21,22). The van der Waals surface area contributed by atoms with E-state index in [0.29, 0.717) is 17.9 Å². The van der Waals surface area contributed by atoms with Gasteiger partial charge < -0.3 is 14.5 Å². The average molecular weight is 386 g/mol. The van der Waals surface area contributed by atoms with Crippen LogP contribution in [0.15, 0.2) is 54.6 Å². The molecule has 2 rings (SSSR count). The van der Waals surface area contributed by atoms with E-state index < -0.39 is 22.7 Å². The lowest BCUT2D eigenvalue weighted by molar-refractivity contribution is 0.360. The summed E-state index contributed by atoms with van der Waals surface area (Å²) in [7, 11) is -9.75. The van der Waals surface area contributed by atoms with Gasteiger partial charge in [-0.2, -0.15) is 8.42 Å². The predicted molar refractivity (Wildman–Crippen MR) is 93.3 cm³/mol. The Labute approximate surface area is 146 Å². The first-order valence-corrected chi connectivity index (χ1v) is 10.7. The molecule has 0 spiro atoms. The minimum Gasteiger partial charge on any atom is -0.457 e. The second kappa shape index (κ2) is 8.12. The molecule has 0 radical (unpaired) electrons. The number of hydrogen-bond acceptors (Lipinski definition) is 4. The highest BCUT2D eigenvalue weighted by Gasteiger charge is 2.38. The third-order valence-electron chi connectivity index (χ3n) is 3.51. The zero-order valence-corrected chi connectivity index (χ0v) is 14.9. The van der Waals surface area contributed by atoms with Crippen LogP contribution in [-0.2, 0) is 21.1 Å². The molecule has 136 valence electrons. The van der Waals surface area contributed by atoms with Crippen LogP contribution in [0.2, 0.25) is 0 Å². The zero-order chi connectivity index (χ0) is 18.5. The summed E-state index contributed by atoms with van der Waals surface area (Å²) in [5, 5.41) is 0. The topological polar surface area (TPSA) is 121 Å². The molecule has 1 unspecified atom stereocenters. The van der Waals surface area contributed by atoms with Crippen molar-refractivity contribution in [3.05, 3.63) is 60.2 Å². The Morgan fingerprint density at radius 2 is 1.64 bits per heavy atom. The van der Waals surface area contributed by atoms with Crippen molar-refractivity contribution < 1.29 is 32.1 Å². The van der Waals surface area contributed by atoms with Crippen molar-refractivity contribution in [2.24, 2.45) is 0 Å². The van der Waals surface area contributed by atoms with Crippen LogP contribution in [0.4, 0.5) is 0 Å². The molecule has 25 heavy (non-hydrogen) atoms. The lowest BCUT2D eigenvalue weighted by Crippen LogP contribution is -2.20. The second-order valence-corrected chi connectivity index (χ2v) is 9.26. The molecule has 0 aliphatic rings. The van der Waals surface area contributed by atoms with E-state index in [2.05, 4.69) is 0 Å². The van der Waals surface area contributed by atoms with Crippen LogP contribution >= 0.6 is 7.60 Å². The lowest BCUT2D eigenvalue weighted by Gasteiger charge is -2.15. The van der Waals surface area contributed by atoms with Gasteiger partial charge in [0, 0.05) is 0 Å². The van der Waals surface area contributed by atoms with Crippen molar-refractivity contribution in [1.82, 2.24) is 0 Å². The van der Waals surface area contributed by atoms with Gasteiger partial charge in [0.25, 0.3) is 10.1 Å². The quantitative estimate of drug-likeness (QED) is 0.470. The first-order valence-electron chi connectivity index (χ1n) is 7.49. The summed E-state index contributed by atoms with van der Waals surface area (Å²) >= 11 is 0. The van der Waals surface area contributed by atoms with Crippen LogP contribution < -0.4 is 4.74 Å². The monoisotopic (exact) mass is 386 g/mol. The summed E-state index contributed by atoms with van der Waals surface area (Å²) in [6, 6.07) is 16.3. The van der Waals surface area contributed by atoms with Gasteiger partial charge in [-0.3, -0.25) is 9.12 Å². The van der Waals surface area contributed by atoms with Crippen LogP contribution in [-0.4, -0.2) is 27.7 Å². The highest BCUT2D eigenvalue weighted by atomic mass is 32.2. The third-order valence-corrected chi connectivity index (χ3v) is 7.07. The van der Waals surface area contributed by atoms with Crippen molar-refractivity contribution in [2.75, 3.05) is 0 Å².